The normalized spacial score (nSPS) is 18.0. The monoisotopic (exact) mass is 290 g/mol. The summed E-state index contributed by atoms with van der Waals surface area (Å²) in [5.74, 6) is -0.133. The molecule has 1 aromatic carbocycles. The molecule has 116 valence electrons. The predicted molar refractivity (Wildman–Crippen MR) is 84.3 cm³/mol. The van der Waals surface area contributed by atoms with Crippen molar-refractivity contribution in [1.82, 2.24) is 10.2 Å². The molecule has 4 heteroatoms. The van der Waals surface area contributed by atoms with Crippen molar-refractivity contribution in [3.05, 3.63) is 34.9 Å². The highest BCUT2D eigenvalue weighted by Crippen LogP contribution is 2.26. The average molecular weight is 290 g/mol. The molecule has 1 unspecified atom stereocenters. The van der Waals surface area contributed by atoms with E-state index in [1.807, 2.05) is 6.92 Å². The van der Waals surface area contributed by atoms with Gasteiger partial charge in [0, 0.05) is 19.6 Å². The minimum atomic E-state index is -0.287. The third-order valence-corrected chi connectivity index (χ3v) is 3.97. The van der Waals surface area contributed by atoms with E-state index >= 15 is 0 Å². The van der Waals surface area contributed by atoms with Gasteiger partial charge in [-0.15, -0.1) is 0 Å². The Kier molecular flexibility index (Phi) is 5.76. The van der Waals surface area contributed by atoms with E-state index < -0.39 is 0 Å². The first-order chi connectivity index (χ1) is 10.1. The van der Waals surface area contributed by atoms with Crippen LogP contribution in [0.25, 0.3) is 0 Å². The lowest BCUT2D eigenvalue weighted by Crippen LogP contribution is -2.38. The third-order valence-electron chi connectivity index (χ3n) is 3.97. The summed E-state index contributed by atoms with van der Waals surface area (Å²) in [6.45, 7) is 10.2. The van der Waals surface area contributed by atoms with Crippen LogP contribution in [-0.2, 0) is 9.53 Å². The van der Waals surface area contributed by atoms with Crippen molar-refractivity contribution in [3.8, 4) is 0 Å². The van der Waals surface area contributed by atoms with Gasteiger partial charge in [-0.25, -0.2) is 4.79 Å². The van der Waals surface area contributed by atoms with Crippen LogP contribution < -0.4 is 5.32 Å². The number of esters is 1. The van der Waals surface area contributed by atoms with Gasteiger partial charge in [0.2, 0.25) is 0 Å². The van der Waals surface area contributed by atoms with Gasteiger partial charge in [0.15, 0.2) is 0 Å². The second kappa shape index (κ2) is 7.57. The highest BCUT2D eigenvalue weighted by Gasteiger charge is 2.30. The first kappa shape index (κ1) is 16.0. The smallest absolute Gasteiger partial charge is 0.328 e. The number of hydrogen-bond acceptors (Lipinski definition) is 4. The van der Waals surface area contributed by atoms with Crippen LogP contribution in [0.5, 0.6) is 0 Å². The summed E-state index contributed by atoms with van der Waals surface area (Å²) in [5.41, 5.74) is 3.45. The van der Waals surface area contributed by atoms with Crippen molar-refractivity contribution in [2.75, 3.05) is 32.8 Å². The second-order valence-electron chi connectivity index (χ2n) is 5.65. The minimum absolute atomic E-state index is 0.133. The van der Waals surface area contributed by atoms with Crippen LogP contribution in [-0.4, -0.2) is 43.7 Å². The van der Waals surface area contributed by atoms with Gasteiger partial charge in [0.25, 0.3) is 0 Å². The zero-order valence-corrected chi connectivity index (χ0v) is 13.3. The maximum atomic E-state index is 12.5. The predicted octanol–water partition coefficient (Wildman–Crippen LogP) is 2.20. The molecular weight excluding hydrogens is 264 g/mol. The van der Waals surface area contributed by atoms with Gasteiger partial charge in [0.1, 0.15) is 6.04 Å². The van der Waals surface area contributed by atoms with E-state index in [-0.39, 0.29) is 12.0 Å². The Bertz CT molecular complexity index is 480. The Morgan fingerprint density at radius 1 is 1.33 bits per heavy atom. The number of aryl methyl sites for hydroxylation is 2. The number of nitrogens with zero attached hydrogens (tertiary/aromatic N) is 1. The van der Waals surface area contributed by atoms with E-state index in [1.54, 1.807) is 0 Å². The zero-order valence-electron chi connectivity index (χ0n) is 13.3. The number of rotatable bonds is 4. The fourth-order valence-corrected chi connectivity index (χ4v) is 2.95. The fraction of sp³-hybridized carbons (Fsp3) is 0.588. The van der Waals surface area contributed by atoms with E-state index in [9.17, 15) is 4.79 Å². The summed E-state index contributed by atoms with van der Waals surface area (Å²) >= 11 is 0. The first-order valence-electron chi connectivity index (χ1n) is 7.82. The molecule has 1 saturated heterocycles. The topological polar surface area (TPSA) is 41.6 Å². The van der Waals surface area contributed by atoms with Gasteiger partial charge < -0.3 is 10.1 Å². The minimum Gasteiger partial charge on any atom is -0.465 e. The van der Waals surface area contributed by atoms with Crippen LogP contribution in [0.15, 0.2) is 18.2 Å². The second-order valence-corrected chi connectivity index (χ2v) is 5.65. The van der Waals surface area contributed by atoms with E-state index in [2.05, 4.69) is 42.3 Å². The number of carbonyl (C=O) groups excluding carboxylic acids is 1. The quantitative estimate of drug-likeness (QED) is 0.863. The average Bonchev–Trinajstić information content (AvgIpc) is 2.71. The van der Waals surface area contributed by atoms with E-state index in [0.29, 0.717) is 6.61 Å². The largest absolute Gasteiger partial charge is 0.465 e. The summed E-state index contributed by atoms with van der Waals surface area (Å²) in [6, 6.07) is 6.00. The summed E-state index contributed by atoms with van der Waals surface area (Å²) in [7, 11) is 0. The molecule has 0 spiro atoms. The number of carbonyl (C=O) groups is 1. The lowest BCUT2D eigenvalue weighted by molar-refractivity contribution is -0.149. The summed E-state index contributed by atoms with van der Waals surface area (Å²) in [5, 5.41) is 3.38. The molecule has 1 aromatic rings. The summed E-state index contributed by atoms with van der Waals surface area (Å²) in [6.07, 6.45) is 1.06. The van der Waals surface area contributed by atoms with Crippen molar-refractivity contribution >= 4 is 5.97 Å². The number of nitrogens with one attached hydrogen (secondary N) is 1. The van der Waals surface area contributed by atoms with Crippen LogP contribution in [0.2, 0.25) is 0 Å². The Morgan fingerprint density at radius 2 is 2.14 bits per heavy atom. The van der Waals surface area contributed by atoms with E-state index in [0.717, 1.165) is 43.7 Å². The number of benzene rings is 1. The molecule has 1 atom stereocenters. The lowest BCUT2D eigenvalue weighted by Gasteiger charge is -2.30. The van der Waals surface area contributed by atoms with Crippen LogP contribution in [0, 0.1) is 13.8 Å². The number of ether oxygens (including phenoxy) is 1. The molecule has 1 aliphatic heterocycles. The highest BCUT2D eigenvalue weighted by atomic mass is 16.5. The maximum Gasteiger partial charge on any atom is 0.328 e. The van der Waals surface area contributed by atoms with Gasteiger partial charge in [-0.1, -0.05) is 23.8 Å². The van der Waals surface area contributed by atoms with Crippen LogP contribution in [0.4, 0.5) is 0 Å². The van der Waals surface area contributed by atoms with E-state index in [4.69, 9.17) is 4.74 Å². The molecule has 21 heavy (non-hydrogen) atoms. The molecule has 2 rings (SSSR count). The Labute approximate surface area is 127 Å². The van der Waals surface area contributed by atoms with Crippen LogP contribution in [0.1, 0.15) is 36.1 Å². The van der Waals surface area contributed by atoms with Crippen LogP contribution in [0.3, 0.4) is 0 Å². The molecule has 0 bridgehead atoms. The highest BCUT2D eigenvalue weighted by molar-refractivity contribution is 5.78. The number of hydrogen-bond donors (Lipinski definition) is 1. The van der Waals surface area contributed by atoms with Crippen LogP contribution >= 0.6 is 0 Å². The SMILES string of the molecule is CCOC(=O)C(c1ccc(C)cc1C)N1CCCNCC1. The molecule has 0 aliphatic carbocycles. The fourth-order valence-electron chi connectivity index (χ4n) is 2.95. The van der Waals surface area contributed by atoms with E-state index in [1.165, 1.54) is 5.56 Å². The summed E-state index contributed by atoms with van der Waals surface area (Å²) in [4.78, 5) is 14.8. The molecule has 0 radical (unpaired) electrons. The van der Waals surface area contributed by atoms with Gasteiger partial charge >= 0.3 is 5.97 Å². The van der Waals surface area contributed by atoms with Gasteiger partial charge in [-0.05, 0) is 44.9 Å². The van der Waals surface area contributed by atoms with Gasteiger partial charge in [-0.2, -0.15) is 0 Å². The third kappa shape index (κ3) is 4.05. The zero-order chi connectivity index (χ0) is 15.2. The van der Waals surface area contributed by atoms with Gasteiger partial charge in [0.05, 0.1) is 6.61 Å². The van der Waals surface area contributed by atoms with Crippen molar-refractivity contribution in [2.24, 2.45) is 0 Å². The standard InChI is InChI=1S/C17H26N2O2/c1-4-21-17(20)16(19-10-5-8-18-9-11-19)15-7-6-13(2)12-14(15)3/h6-7,12,16,18H,4-5,8-11H2,1-3H3. The molecule has 0 aromatic heterocycles. The van der Waals surface area contributed by atoms with Gasteiger partial charge in [-0.3, -0.25) is 4.90 Å². The molecule has 1 fully saturated rings. The van der Waals surface area contributed by atoms with Crippen molar-refractivity contribution in [3.63, 3.8) is 0 Å². The maximum absolute atomic E-state index is 12.5. The molecule has 4 nitrogen and oxygen atoms in total. The van der Waals surface area contributed by atoms with Crippen molar-refractivity contribution in [2.45, 2.75) is 33.2 Å². The van der Waals surface area contributed by atoms with Crippen molar-refractivity contribution < 1.29 is 9.53 Å². The lowest BCUT2D eigenvalue weighted by atomic mass is 9.97. The molecular formula is C17H26N2O2. The Balaban J connectivity index is 2.32. The first-order valence-corrected chi connectivity index (χ1v) is 7.82. The molecule has 0 amide bonds. The molecule has 1 aliphatic rings. The molecule has 1 N–H and O–H groups in total. The van der Waals surface area contributed by atoms with Crippen molar-refractivity contribution in [1.29, 1.82) is 0 Å². The molecule has 0 saturated carbocycles. The Morgan fingerprint density at radius 3 is 2.86 bits per heavy atom. The Hall–Kier alpha value is -1.39. The molecule has 1 heterocycles. The summed E-state index contributed by atoms with van der Waals surface area (Å²) < 4.78 is 5.34.